The van der Waals surface area contributed by atoms with Crippen molar-refractivity contribution < 1.29 is 19.1 Å². The lowest BCUT2D eigenvalue weighted by Gasteiger charge is -2.43. The van der Waals surface area contributed by atoms with Crippen LogP contribution in [-0.4, -0.2) is 25.8 Å². The SMILES string of the molecule is C=C(C)[C@@H](CC=C(C)C)CC1(C[C@H](CC=C(C)C)C(=C)C)C(=O)C(CC=C(C)C)=C(OC)C(C(=O)c2ccccc2)=C1OC. The van der Waals surface area contributed by atoms with Crippen molar-refractivity contribution in [3.63, 3.8) is 0 Å². The van der Waals surface area contributed by atoms with Crippen LogP contribution in [0.5, 0.6) is 0 Å². The summed E-state index contributed by atoms with van der Waals surface area (Å²) in [7, 11) is 3.10. The maximum absolute atomic E-state index is 15.2. The second kappa shape index (κ2) is 16.4. The molecule has 238 valence electrons. The summed E-state index contributed by atoms with van der Waals surface area (Å²) >= 11 is 0. The van der Waals surface area contributed by atoms with E-state index in [1.807, 2.05) is 52.0 Å². The number of ketones is 2. The van der Waals surface area contributed by atoms with Crippen LogP contribution in [-0.2, 0) is 14.3 Å². The van der Waals surface area contributed by atoms with Gasteiger partial charge in [-0.2, -0.15) is 0 Å². The third-order valence-electron chi connectivity index (χ3n) is 8.46. The van der Waals surface area contributed by atoms with Crippen molar-refractivity contribution in [1.82, 2.24) is 0 Å². The van der Waals surface area contributed by atoms with Gasteiger partial charge in [0.15, 0.2) is 11.6 Å². The van der Waals surface area contributed by atoms with Crippen molar-refractivity contribution in [3.8, 4) is 0 Å². The van der Waals surface area contributed by atoms with Crippen molar-refractivity contribution in [1.29, 1.82) is 0 Å². The molecule has 0 aromatic heterocycles. The summed E-state index contributed by atoms with van der Waals surface area (Å²) in [5.74, 6) is 0.353. The quantitative estimate of drug-likeness (QED) is 0.140. The van der Waals surface area contributed by atoms with Gasteiger partial charge in [-0.3, -0.25) is 9.59 Å². The highest BCUT2D eigenvalue weighted by Gasteiger charge is 2.53. The van der Waals surface area contributed by atoms with Crippen molar-refractivity contribution in [2.45, 2.75) is 87.5 Å². The molecule has 2 atom stereocenters. The number of hydrogen-bond donors (Lipinski definition) is 0. The molecule has 0 saturated carbocycles. The van der Waals surface area contributed by atoms with E-state index in [4.69, 9.17) is 9.47 Å². The van der Waals surface area contributed by atoms with E-state index in [2.05, 4.69) is 53.0 Å². The predicted octanol–water partition coefficient (Wildman–Crippen LogP) is 10.5. The van der Waals surface area contributed by atoms with E-state index in [0.29, 0.717) is 47.5 Å². The lowest BCUT2D eigenvalue weighted by atomic mass is 9.61. The molecule has 0 amide bonds. The maximum Gasteiger partial charge on any atom is 0.200 e. The number of hydrogen-bond acceptors (Lipinski definition) is 4. The number of ether oxygens (including phenoxy) is 2. The monoisotopic (exact) mass is 598 g/mol. The van der Waals surface area contributed by atoms with Gasteiger partial charge < -0.3 is 9.47 Å². The first-order chi connectivity index (χ1) is 20.7. The van der Waals surface area contributed by atoms with Gasteiger partial charge >= 0.3 is 0 Å². The van der Waals surface area contributed by atoms with Gasteiger partial charge in [-0.1, -0.05) is 89.6 Å². The van der Waals surface area contributed by atoms with Gasteiger partial charge in [0.25, 0.3) is 0 Å². The molecular formula is C40H54O4. The van der Waals surface area contributed by atoms with Crippen molar-refractivity contribution in [2.75, 3.05) is 14.2 Å². The van der Waals surface area contributed by atoms with Crippen LogP contribution in [0.4, 0.5) is 0 Å². The van der Waals surface area contributed by atoms with E-state index in [1.54, 1.807) is 19.2 Å². The van der Waals surface area contributed by atoms with Crippen LogP contribution in [0.2, 0.25) is 0 Å². The number of carbonyl (C=O) groups excluding carboxylic acids is 2. The Bertz CT molecular complexity index is 1340. The van der Waals surface area contributed by atoms with E-state index in [9.17, 15) is 4.79 Å². The second-order valence-electron chi connectivity index (χ2n) is 13.0. The second-order valence-corrected chi connectivity index (χ2v) is 13.0. The molecule has 0 N–H and O–H groups in total. The van der Waals surface area contributed by atoms with E-state index >= 15 is 4.79 Å². The van der Waals surface area contributed by atoms with Crippen LogP contribution in [0, 0.1) is 17.3 Å². The zero-order valence-corrected chi connectivity index (χ0v) is 28.9. The molecule has 4 nitrogen and oxygen atoms in total. The topological polar surface area (TPSA) is 52.6 Å². The molecule has 0 fully saturated rings. The Balaban J connectivity index is 3.09. The lowest BCUT2D eigenvalue weighted by Crippen LogP contribution is -2.44. The van der Waals surface area contributed by atoms with E-state index in [1.165, 1.54) is 18.3 Å². The minimum Gasteiger partial charge on any atom is -0.499 e. The summed E-state index contributed by atoms with van der Waals surface area (Å²) in [6, 6.07) is 9.15. The smallest absolute Gasteiger partial charge is 0.200 e. The third-order valence-corrected chi connectivity index (χ3v) is 8.46. The Morgan fingerprint density at radius 1 is 0.773 bits per heavy atom. The molecule has 0 saturated heterocycles. The highest BCUT2D eigenvalue weighted by atomic mass is 16.5. The van der Waals surface area contributed by atoms with Crippen molar-refractivity contribution >= 4 is 11.6 Å². The summed E-state index contributed by atoms with van der Waals surface area (Å²) in [5, 5.41) is 0. The zero-order chi connectivity index (χ0) is 33.2. The first-order valence-corrected chi connectivity index (χ1v) is 15.6. The normalized spacial score (nSPS) is 15.6. The zero-order valence-electron chi connectivity index (χ0n) is 28.9. The Morgan fingerprint density at radius 2 is 1.25 bits per heavy atom. The Morgan fingerprint density at radius 3 is 1.64 bits per heavy atom. The summed E-state index contributed by atoms with van der Waals surface area (Å²) < 4.78 is 12.2. The Labute approximate surface area is 267 Å². The standard InChI is InChI=1S/C40H54O4/c1-26(2)18-21-32(29(7)8)24-40(25-33(30(9)10)22-19-27(3)4)38(42)34(23-20-28(5)6)37(43-11)35(39(40)44-12)36(41)31-16-14-13-15-17-31/h13-20,32-33H,7,9,21-25H2,1-6,8,10-12H3/t32-,33-/m0/s1. The third kappa shape index (κ3) is 8.94. The van der Waals surface area contributed by atoms with Crippen LogP contribution < -0.4 is 0 Å². The maximum atomic E-state index is 15.2. The van der Waals surface area contributed by atoms with Gasteiger partial charge in [0.1, 0.15) is 17.1 Å². The predicted molar refractivity (Wildman–Crippen MR) is 184 cm³/mol. The molecule has 44 heavy (non-hydrogen) atoms. The molecule has 0 bridgehead atoms. The molecule has 0 heterocycles. The number of benzene rings is 1. The van der Waals surface area contributed by atoms with Crippen LogP contribution in [0.1, 0.15) is 97.9 Å². The van der Waals surface area contributed by atoms with Gasteiger partial charge in [0.2, 0.25) is 0 Å². The number of rotatable bonds is 16. The van der Waals surface area contributed by atoms with Gasteiger partial charge in [-0.25, -0.2) is 0 Å². The fourth-order valence-electron chi connectivity index (χ4n) is 5.91. The van der Waals surface area contributed by atoms with Gasteiger partial charge in [0, 0.05) is 11.1 Å². The molecule has 1 aliphatic rings. The number of carbonyl (C=O) groups is 2. The average Bonchev–Trinajstić information content (AvgIpc) is 2.96. The first-order valence-electron chi connectivity index (χ1n) is 15.6. The van der Waals surface area contributed by atoms with Crippen LogP contribution >= 0.6 is 0 Å². The minimum absolute atomic E-state index is 0.0184. The molecular weight excluding hydrogens is 544 g/mol. The number of methoxy groups -OCH3 is 2. The van der Waals surface area contributed by atoms with Gasteiger partial charge in [0.05, 0.1) is 19.6 Å². The molecule has 0 unspecified atom stereocenters. The van der Waals surface area contributed by atoms with Crippen LogP contribution in [0.15, 0.2) is 112 Å². The van der Waals surface area contributed by atoms with E-state index in [0.717, 1.165) is 29.6 Å². The van der Waals surface area contributed by atoms with E-state index < -0.39 is 5.41 Å². The van der Waals surface area contributed by atoms with Crippen molar-refractivity contribution in [3.05, 3.63) is 118 Å². The molecule has 0 spiro atoms. The van der Waals surface area contributed by atoms with Gasteiger partial charge in [-0.05, 0) is 99.3 Å². The average molecular weight is 599 g/mol. The van der Waals surface area contributed by atoms with E-state index in [-0.39, 0.29) is 23.4 Å². The minimum atomic E-state index is -1.14. The summed E-state index contributed by atoms with van der Waals surface area (Å²) in [6.07, 6.45) is 9.16. The lowest BCUT2D eigenvalue weighted by molar-refractivity contribution is -0.127. The Hall–Kier alpha value is -3.66. The fraction of sp³-hybridized carbons (Fsp3) is 0.450. The molecule has 0 aliphatic heterocycles. The highest BCUT2D eigenvalue weighted by Crippen LogP contribution is 2.53. The first kappa shape index (κ1) is 36.5. The summed E-state index contributed by atoms with van der Waals surface area (Å²) in [4.78, 5) is 29.7. The molecule has 1 aromatic carbocycles. The highest BCUT2D eigenvalue weighted by molar-refractivity contribution is 6.16. The number of Topliss-reactive ketones (excluding diaryl/α,β-unsaturated/α-hetero) is 2. The fourth-order valence-corrected chi connectivity index (χ4v) is 5.91. The van der Waals surface area contributed by atoms with Crippen LogP contribution in [0.25, 0.3) is 0 Å². The van der Waals surface area contributed by atoms with Gasteiger partial charge in [-0.15, -0.1) is 0 Å². The molecule has 1 aliphatic carbocycles. The number of allylic oxidation sites excluding steroid dienone is 11. The summed E-state index contributed by atoms with van der Waals surface area (Å²) in [5.41, 5.74) is 5.67. The van der Waals surface area contributed by atoms with Crippen LogP contribution in [0.3, 0.4) is 0 Å². The molecule has 1 aromatic rings. The van der Waals surface area contributed by atoms with Crippen molar-refractivity contribution in [2.24, 2.45) is 17.3 Å². The largest absolute Gasteiger partial charge is 0.499 e. The Kier molecular flexibility index (Phi) is 13.6. The summed E-state index contributed by atoms with van der Waals surface area (Å²) in [6.45, 7) is 25.1. The molecule has 4 heteroatoms. The molecule has 2 rings (SSSR count). The molecule has 0 radical (unpaired) electrons.